The number of hydrogen-bond acceptors (Lipinski definition) is 6. The third kappa shape index (κ3) is 40.2. The molecule has 1 amide bonds. The number of quaternary nitrogens is 1. The Morgan fingerprint density at radius 1 is 0.655 bits per heavy atom. The van der Waals surface area contributed by atoms with Gasteiger partial charge in [0.15, 0.2) is 0 Å². The number of hydrogen-bond donors (Lipinski definition) is 2. The van der Waals surface area contributed by atoms with E-state index in [-0.39, 0.29) is 19.1 Å². The molecular formula is C46H85N2O6P. The standard InChI is InChI=1S/C46H85N2O6P/c1-6-8-10-12-14-16-17-18-19-20-21-22-23-24-25-26-27-28-29-30-31-32-34-36-38-40-46(50)47-44(43-54-55(51,52)53-42-41-48(3,4)5)45(49)39-37-35-33-15-13-11-9-7-2/h8,10,14,16,18-19,21-22,24-25,44-45,49H,6-7,9,11-13,15,17,20,23,26-43H2,1-5H3,(H-,47,50,51,52)/b10-8-,16-14-,19-18-,22-21-,25-24-. The van der Waals surface area contributed by atoms with Crippen LogP contribution < -0.4 is 10.2 Å². The average Bonchev–Trinajstić information content (AvgIpc) is 3.13. The molecule has 0 bridgehead atoms. The van der Waals surface area contributed by atoms with Gasteiger partial charge in [-0.2, -0.15) is 0 Å². The molecular weight excluding hydrogens is 707 g/mol. The summed E-state index contributed by atoms with van der Waals surface area (Å²) in [7, 11) is 1.29. The molecule has 3 unspecified atom stereocenters. The van der Waals surface area contributed by atoms with Crippen molar-refractivity contribution in [3.8, 4) is 0 Å². The molecule has 3 atom stereocenters. The van der Waals surface area contributed by atoms with Gasteiger partial charge in [-0.1, -0.05) is 171 Å². The van der Waals surface area contributed by atoms with Gasteiger partial charge in [0.1, 0.15) is 13.2 Å². The Morgan fingerprint density at radius 3 is 1.62 bits per heavy atom. The molecule has 0 aliphatic rings. The first-order valence-corrected chi connectivity index (χ1v) is 23.6. The van der Waals surface area contributed by atoms with Crippen molar-refractivity contribution in [1.82, 2.24) is 5.32 Å². The summed E-state index contributed by atoms with van der Waals surface area (Å²) in [5, 5.41) is 13.8. The second-order valence-electron chi connectivity index (χ2n) is 16.0. The number of likely N-dealkylation sites (N-methyl/N-ethyl adjacent to an activating group) is 1. The molecule has 0 fully saturated rings. The molecule has 0 aromatic rings. The summed E-state index contributed by atoms with van der Waals surface area (Å²) < 4.78 is 23.2. The highest BCUT2D eigenvalue weighted by Gasteiger charge is 2.24. The second kappa shape index (κ2) is 37.8. The van der Waals surface area contributed by atoms with Crippen LogP contribution >= 0.6 is 7.82 Å². The van der Waals surface area contributed by atoms with Gasteiger partial charge in [-0.25, -0.2) is 0 Å². The van der Waals surface area contributed by atoms with Crippen molar-refractivity contribution in [1.29, 1.82) is 0 Å². The number of phosphoric ester groups is 1. The minimum atomic E-state index is -4.56. The summed E-state index contributed by atoms with van der Waals surface area (Å²) in [5.41, 5.74) is 0. The topological polar surface area (TPSA) is 108 Å². The zero-order chi connectivity index (χ0) is 40.7. The lowest BCUT2D eigenvalue weighted by Crippen LogP contribution is -2.46. The summed E-state index contributed by atoms with van der Waals surface area (Å²) in [6, 6.07) is -0.803. The van der Waals surface area contributed by atoms with Crippen molar-refractivity contribution < 1.29 is 32.9 Å². The van der Waals surface area contributed by atoms with Crippen molar-refractivity contribution in [2.45, 2.75) is 187 Å². The SMILES string of the molecule is CC/C=C\C/C=C\C/C=C\C/C=C\C/C=C\CCCCCCCCCCCC(=O)NC(COP(=O)([O-])OCC[N+](C)(C)C)C(O)CCCCCCCCCC. The van der Waals surface area contributed by atoms with Crippen molar-refractivity contribution >= 4 is 13.7 Å². The highest BCUT2D eigenvalue weighted by molar-refractivity contribution is 7.45. The van der Waals surface area contributed by atoms with E-state index in [2.05, 4.69) is 79.9 Å². The van der Waals surface area contributed by atoms with Crippen LogP contribution in [-0.2, 0) is 18.4 Å². The Hall–Kier alpha value is -1.80. The van der Waals surface area contributed by atoms with E-state index in [9.17, 15) is 19.4 Å². The van der Waals surface area contributed by atoms with Crippen LogP contribution in [0, 0.1) is 0 Å². The number of unbranched alkanes of at least 4 members (excludes halogenated alkanes) is 16. The number of carbonyl (C=O) groups excluding carboxylic acids is 1. The second-order valence-corrected chi connectivity index (χ2v) is 17.4. The molecule has 320 valence electrons. The van der Waals surface area contributed by atoms with Crippen LogP contribution in [0.4, 0.5) is 0 Å². The Kier molecular flexibility index (Phi) is 36.5. The maximum absolute atomic E-state index is 12.8. The number of carbonyl (C=O) groups is 1. The number of phosphoric acid groups is 1. The van der Waals surface area contributed by atoms with E-state index in [0.717, 1.165) is 77.0 Å². The van der Waals surface area contributed by atoms with Crippen molar-refractivity contribution in [3.05, 3.63) is 60.8 Å². The molecule has 0 radical (unpaired) electrons. The van der Waals surface area contributed by atoms with Gasteiger partial charge in [-0.05, 0) is 57.8 Å². The zero-order valence-corrected chi connectivity index (χ0v) is 37.0. The molecule has 0 aromatic heterocycles. The quantitative estimate of drug-likeness (QED) is 0.0278. The third-order valence-corrected chi connectivity index (χ3v) is 10.5. The van der Waals surface area contributed by atoms with Gasteiger partial charge in [0, 0.05) is 6.42 Å². The fourth-order valence-corrected chi connectivity index (χ4v) is 6.73. The molecule has 0 aliphatic heterocycles. The summed E-state index contributed by atoms with van der Waals surface area (Å²) in [5.74, 6) is -0.178. The van der Waals surface area contributed by atoms with E-state index in [1.54, 1.807) is 0 Å². The van der Waals surface area contributed by atoms with Crippen LogP contribution in [0.1, 0.15) is 174 Å². The Morgan fingerprint density at radius 2 is 1.11 bits per heavy atom. The van der Waals surface area contributed by atoms with Crippen LogP contribution in [0.25, 0.3) is 0 Å². The van der Waals surface area contributed by atoms with Crippen LogP contribution in [0.15, 0.2) is 60.8 Å². The predicted octanol–water partition coefficient (Wildman–Crippen LogP) is 11.6. The molecule has 0 aromatic carbocycles. The average molecular weight is 793 g/mol. The van der Waals surface area contributed by atoms with Crippen molar-refractivity contribution in [2.24, 2.45) is 0 Å². The van der Waals surface area contributed by atoms with Crippen molar-refractivity contribution in [2.75, 3.05) is 40.9 Å². The normalized spacial score (nSPS) is 15.0. The lowest BCUT2D eigenvalue weighted by molar-refractivity contribution is -0.870. The molecule has 0 aliphatic carbocycles. The highest BCUT2D eigenvalue weighted by atomic mass is 31.2. The number of allylic oxidation sites excluding steroid dienone is 10. The molecule has 0 saturated carbocycles. The van der Waals surface area contributed by atoms with Gasteiger partial charge in [0.2, 0.25) is 5.91 Å². The van der Waals surface area contributed by atoms with Gasteiger partial charge in [0.25, 0.3) is 7.82 Å². The Labute approximate surface area is 339 Å². The monoisotopic (exact) mass is 793 g/mol. The molecule has 0 saturated heterocycles. The summed E-state index contributed by atoms with van der Waals surface area (Å²) in [4.78, 5) is 25.2. The molecule has 0 rings (SSSR count). The molecule has 0 spiro atoms. The minimum absolute atomic E-state index is 0.00786. The van der Waals surface area contributed by atoms with Crippen LogP contribution in [0.3, 0.4) is 0 Å². The van der Waals surface area contributed by atoms with Gasteiger partial charge < -0.3 is 28.8 Å². The zero-order valence-electron chi connectivity index (χ0n) is 36.1. The first kappa shape index (κ1) is 53.2. The van der Waals surface area contributed by atoms with Gasteiger partial charge in [0.05, 0.1) is 39.9 Å². The van der Waals surface area contributed by atoms with Gasteiger partial charge >= 0.3 is 0 Å². The van der Waals surface area contributed by atoms with Crippen LogP contribution in [0.2, 0.25) is 0 Å². The van der Waals surface area contributed by atoms with Crippen LogP contribution in [-0.4, -0.2) is 68.5 Å². The molecule has 2 N–H and O–H groups in total. The number of nitrogens with zero attached hydrogens (tertiary/aromatic N) is 1. The number of aliphatic hydroxyl groups excluding tert-OH is 1. The molecule has 9 heteroatoms. The van der Waals surface area contributed by atoms with Crippen molar-refractivity contribution in [3.63, 3.8) is 0 Å². The molecule has 8 nitrogen and oxygen atoms in total. The number of nitrogens with one attached hydrogen (secondary N) is 1. The maximum Gasteiger partial charge on any atom is 0.268 e. The molecule has 0 heterocycles. The lowest BCUT2D eigenvalue weighted by atomic mass is 10.0. The van der Waals surface area contributed by atoms with E-state index in [0.29, 0.717) is 23.9 Å². The predicted molar refractivity (Wildman–Crippen MR) is 233 cm³/mol. The summed E-state index contributed by atoms with van der Waals surface area (Å²) in [6.07, 6.45) is 48.1. The summed E-state index contributed by atoms with van der Waals surface area (Å²) in [6.45, 7) is 4.54. The van der Waals surface area contributed by atoms with Gasteiger partial charge in [-0.3, -0.25) is 9.36 Å². The fourth-order valence-electron chi connectivity index (χ4n) is 6.01. The fraction of sp³-hybridized carbons (Fsp3) is 0.761. The molecule has 55 heavy (non-hydrogen) atoms. The minimum Gasteiger partial charge on any atom is -0.756 e. The van der Waals surface area contributed by atoms with E-state index in [1.807, 2.05) is 21.1 Å². The first-order chi connectivity index (χ1) is 26.5. The highest BCUT2D eigenvalue weighted by Crippen LogP contribution is 2.38. The first-order valence-electron chi connectivity index (χ1n) is 22.1. The lowest BCUT2D eigenvalue weighted by Gasteiger charge is -2.30. The van der Waals surface area contributed by atoms with Gasteiger partial charge in [-0.15, -0.1) is 0 Å². The number of rotatable bonds is 39. The van der Waals surface area contributed by atoms with E-state index in [1.165, 1.54) is 70.6 Å². The van der Waals surface area contributed by atoms with Crippen LogP contribution in [0.5, 0.6) is 0 Å². The summed E-state index contributed by atoms with van der Waals surface area (Å²) >= 11 is 0. The smallest absolute Gasteiger partial charge is 0.268 e. The van der Waals surface area contributed by atoms with E-state index < -0.39 is 20.0 Å². The maximum atomic E-state index is 12.8. The number of aliphatic hydroxyl groups is 1. The number of amides is 1. The van der Waals surface area contributed by atoms with E-state index in [4.69, 9.17) is 9.05 Å². The Balaban J connectivity index is 4.18. The third-order valence-electron chi connectivity index (χ3n) is 9.52. The largest absolute Gasteiger partial charge is 0.756 e. The Bertz CT molecular complexity index is 1080. The van der Waals surface area contributed by atoms with E-state index >= 15 is 0 Å².